The highest BCUT2D eigenvalue weighted by molar-refractivity contribution is 7.99. The third-order valence-corrected chi connectivity index (χ3v) is 6.07. The second-order valence-electron chi connectivity index (χ2n) is 6.46. The molecule has 2 aromatic carbocycles. The first-order valence-electron chi connectivity index (χ1n) is 8.67. The summed E-state index contributed by atoms with van der Waals surface area (Å²) in [6, 6.07) is 13.3. The van der Waals surface area contributed by atoms with Gasteiger partial charge in [-0.1, -0.05) is 30.3 Å². The molecule has 1 amide bonds. The van der Waals surface area contributed by atoms with E-state index >= 15 is 0 Å². The van der Waals surface area contributed by atoms with Gasteiger partial charge in [0.15, 0.2) is 0 Å². The Morgan fingerprint density at radius 3 is 2.82 bits per heavy atom. The fourth-order valence-electron chi connectivity index (χ4n) is 3.44. The number of nitrogens with zero attached hydrogens (tertiary/aromatic N) is 2. The Labute approximate surface area is 164 Å². The Hall–Kier alpha value is -3.13. The van der Waals surface area contributed by atoms with Gasteiger partial charge in [0.2, 0.25) is 0 Å². The van der Waals surface area contributed by atoms with E-state index in [-0.39, 0.29) is 11.3 Å². The lowest BCUT2D eigenvalue weighted by atomic mass is 10.0. The molecule has 0 radical (unpaired) electrons. The van der Waals surface area contributed by atoms with Gasteiger partial charge in [0.25, 0.3) is 11.6 Å². The minimum atomic E-state index is -0.670. The number of para-hydroxylation sites is 1. The molecule has 0 aliphatic carbocycles. The maximum Gasteiger partial charge on any atom is 0.349 e. The minimum absolute atomic E-state index is 0.0108. The number of benzene rings is 2. The summed E-state index contributed by atoms with van der Waals surface area (Å²) in [7, 11) is 0. The average molecular weight is 396 g/mol. The van der Waals surface area contributed by atoms with E-state index in [0.29, 0.717) is 34.4 Å². The summed E-state index contributed by atoms with van der Waals surface area (Å²) in [4.78, 5) is 38.0. The monoisotopic (exact) mass is 396 g/mol. The van der Waals surface area contributed by atoms with Gasteiger partial charge in [-0.2, -0.15) is 0 Å². The molecule has 0 bridgehead atoms. The normalized spacial score (nSPS) is 16.5. The van der Waals surface area contributed by atoms with Crippen LogP contribution < -0.4 is 5.63 Å². The maximum atomic E-state index is 13.3. The summed E-state index contributed by atoms with van der Waals surface area (Å²) in [5.74, 6) is 0.260. The molecule has 8 heteroatoms. The molecule has 142 valence electrons. The molecule has 3 aromatic rings. The molecule has 0 N–H and O–H groups in total. The Balaban J connectivity index is 1.76. The Bertz CT molecular complexity index is 1160. The Morgan fingerprint density at radius 2 is 2.04 bits per heavy atom. The second kappa shape index (κ2) is 7.12. The predicted molar refractivity (Wildman–Crippen MR) is 107 cm³/mol. The molecule has 0 spiro atoms. The molecule has 7 nitrogen and oxygen atoms in total. The summed E-state index contributed by atoms with van der Waals surface area (Å²) in [5, 5.41) is 11.4. The van der Waals surface area contributed by atoms with Gasteiger partial charge in [-0.15, -0.1) is 11.8 Å². The third kappa shape index (κ3) is 3.05. The molecule has 1 atom stereocenters. The van der Waals surface area contributed by atoms with E-state index in [9.17, 15) is 19.7 Å². The number of hydrogen-bond donors (Lipinski definition) is 0. The molecule has 28 heavy (non-hydrogen) atoms. The highest BCUT2D eigenvalue weighted by atomic mass is 32.2. The highest BCUT2D eigenvalue weighted by Gasteiger charge is 2.34. The topological polar surface area (TPSA) is 93.7 Å². The van der Waals surface area contributed by atoms with Gasteiger partial charge in [-0.3, -0.25) is 14.9 Å². The van der Waals surface area contributed by atoms with E-state index in [1.165, 1.54) is 23.9 Å². The van der Waals surface area contributed by atoms with Crippen molar-refractivity contribution in [1.82, 2.24) is 4.90 Å². The van der Waals surface area contributed by atoms with Crippen molar-refractivity contribution in [1.29, 1.82) is 0 Å². The van der Waals surface area contributed by atoms with Crippen LogP contribution in [-0.2, 0) is 0 Å². The molecule has 0 saturated carbocycles. The SMILES string of the molecule is Cc1c(C(=O)N2CCSC2c2cccc([N+](=O)[O-])c2)c(=O)oc2ccccc12. The lowest BCUT2D eigenvalue weighted by molar-refractivity contribution is -0.384. The van der Waals surface area contributed by atoms with Crippen LogP contribution in [0.4, 0.5) is 5.69 Å². The quantitative estimate of drug-likeness (QED) is 0.379. The lowest BCUT2D eigenvalue weighted by Crippen LogP contribution is -2.34. The number of hydrogen-bond acceptors (Lipinski definition) is 6. The summed E-state index contributed by atoms with van der Waals surface area (Å²) in [6.45, 7) is 2.18. The number of nitro groups is 1. The molecule has 1 unspecified atom stereocenters. The fraction of sp³-hybridized carbons (Fsp3) is 0.200. The van der Waals surface area contributed by atoms with Crippen LogP contribution >= 0.6 is 11.8 Å². The van der Waals surface area contributed by atoms with Gasteiger partial charge in [0.1, 0.15) is 16.5 Å². The summed E-state index contributed by atoms with van der Waals surface area (Å²) < 4.78 is 5.35. The van der Waals surface area contributed by atoms with Gasteiger partial charge in [-0.25, -0.2) is 4.79 Å². The van der Waals surface area contributed by atoms with Crippen LogP contribution in [0.15, 0.2) is 57.7 Å². The number of fused-ring (bicyclic) bond motifs is 1. The van der Waals surface area contributed by atoms with Crippen molar-refractivity contribution in [3.63, 3.8) is 0 Å². The van der Waals surface area contributed by atoms with Crippen molar-refractivity contribution in [3.8, 4) is 0 Å². The van der Waals surface area contributed by atoms with Crippen LogP contribution in [0.1, 0.15) is 26.9 Å². The minimum Gasteiger partial charge on any atom is -0.422 e. The van der Waals surface area contributed by atoms with Crippen molar-refractivity contribution in [2.75, 3.05) is 12.3 Å². The van der Waals surface area contributed by atoms with Crippen molar-refractivity contribution < 1.29 is 14.1 Å². The number of nitro benzene ring substituents is 1. The van der Waals surface area contributed by atoms with Crippen LogP contribution in [0.5, 0.6) is 0 Å². The zero-order valence-electron chi connectivity index (χ0n) is 15.0. The fourth-order valence-corrected chi connectivity index (χ4v) is 4.69. The van der Waals surface area contributed by atoms with E-state index < -0.39 is 21.8 Å². The number of thioether (sulfide) groups is 1. The predicted octanol–water partition coefficient (Wildman–Crippen LogP) is 3.90. The van der Waals surface area contributed by atoms with Crippen LogP contribution in [0, 0.1) is 17.0 Å². The number of amides is 1. The third-order valence-electron chi connectivity index (χ3n) is 4.80. The standard InChI is InChI=1S/C20H16N2O5S/c1-12-15-7-2-3-8-16(15)27-20(24)17(12)18(23)21-9-10-28-19(21)13-5-4-6-14(11-13)22(25)26/h2-8,11,19H,9-10H2,1H3. The number of rotatable bonds is 3. The van der Waals surface area contributed by atoms with Gasteiger partial charge >= 0.3 is 5.63 Å². The summed E-state index contributed by atoms with van der Waals surface area (Å²) in [5.41, 5.74) is 0.985. The first-order chi connectivity index (χ1) is 13.5. The average Bonchev–Trinajstić information content (AvgIpc) is 3.18. The van der Waals surface area contributed by atoms with Gasteiger partial charge in [-0.05, 0) is 24.1 Å². The number of carbonyl (C=O) groups excluding carboxylic acids is 1. The number of non-ortho nitro benzene ring substituents is 1. The first kappa shape index (κ1) is 18.2. The molecule has 1 aliphatic rings. The van der Waals surface area contributed by atoms with Crippen molar-refractivity contribution in [3.05, 3.63) is 85.8 Å². The van der Waals surface area contributed by atoms with Gasteiger partial charge in [0.05, 0.1) is 4.92 Å². The van der Waals surface area contributed by atoms with Gasteiger partial charge < -0.3 is 9.32 Å². The zero-order chi connectivity index (χ0) is 19.8. The molecule has 2 heterocycles. The number of aryl methyl sites for hydroxylation is 1. The van der Waals surface area contributed by atoms with Gasteiger partial charge in [0, 0.05) is 29.8 Å². The van der Waals surface area contributed by atoms with E-state index in [0.717, 1.165) is 0 Å². The van der Waals surface area contributed by atoms with Crippen LogP contribution in [0.25, 0.3) is 11.0 Å². The second-order valence-corrected chi connectivity index (χ2v) is 7.65. The van der Waals surface area contributed by atoms with Crippen LogP contribution in [0.3, 0.4) is 0 Å². The Morgan fingerprint density at radius 1 is 1.25 bits per heavy atom. The highest BCUT2D eigenvalue weighted by Crippen LogP contribution is 2.39. The maximum absolute atomic E-state index is 13.3. The van der Waals surface area contributed by atoms with E-state index in [1.807, 2.05) is 6.07 Å². The molecular formula is C20H16N2O5S. The van der Waals surface area contributed by atoms with Crippen molar-refractivity contribution in [2.45, 2.75) is 12.3 Å². The molecule has 4 rings (SSSR count). The van der Waals surface area contributed by atoms with Crippen molar-refractivity contribution in [2.24, 2.45) is 0 Å². The van der Waals surface area contributed by atoms with E-state index in [1.54, 1.807) is 42.2 Å². The first-order valence-corrected chi connectivity index (χ1v) is 9.71. The Kier molecular flexibility index (Phi) is 4.64. The molecule has 1 fully saturated rings. The van der Waals surface area contributed by atoms with Crippen molar-refractivity contribution >= 4 is 34.3 Å². The summed E-state index contributed by atoms with van der Waals surface area (Å²) >= 11 is 1.51. The smallest absolute Gasteiger partial charge is 0.349 e. The lowest BCUT2D eigenvalue weighted by Gasteiger charge is -2.24. The molecule has 1 aliphatic heterocycles. The molecular weight excluding hydrogens is 380 g/mol. The van der Waals surface area contributed by atoms with Crippen LogP contribution in [0.2, 0.25) is 0 Å². The summed E-state index contributed by atoms with van der Waals surface area (Å²) in [6.07, 6.45) is 0. The van der Waals surface area contributed by atoms with Crippen LogP contribution in [-0.4, -0.2) is 28.0 Å². The molecule has 1 saturated heterocycles. The molecule has 1 aromatic heterocycles. The zero-order valence-corrected chi connectivity index (χ0v) is 15.8. The number of carbonyl (C=O) groups is 1. The van der Waals surface area contributed by atoms with E-state index in [4.69, 9.17) is 4.42 Å². The largest absolute Gasteiger partial charge is 0.422 e. The van der Waals surface area contributed by atoms with E-state index in [2.05, 4.69) is 0 Å².